The Labute approximate surface area is 193 Å². The van der Waals surface area contributed by atoms with Gasteiger partial charge in [0.05, 0.1) is 25.0 Å². The second-order valence-corrected chi connectivity index (χ2v) is 11.5. The third-order valence-electron chi connectivity index (χ3n) is 8.21. The van der Waals surface area contributed by atoms with Crippen LogP contribution in [0.3, 0.4) is 0 Å². The van der Waals surface area contributed by atoms with Gasteiger partial charge in [-0.05, 0) is 76.3 Å². The second kappa shape index (κ2) is 9.98. The van der Waals surface area contributed by atoms with Crippen LogP contribution in [0.4, 0.5) is 0 Å². The van der Waals surface area contributed by atoms with E-state index >= 15 is 0 Å². The Morgan fingerprint density at radius 2 is 1.22 bits per heavy atom. The molecular weight excluding hydrogens is 404 g/mol. The number of rotatable bonds is 10. The van der Waals surface area contributed by atoms with Gasteiger partial charge in [-0.3, -0.25) is 9.59 Å². The monoisotopic (exact) mass is 446 g/mol. The van der Waals surface area contributed by atoms with Gasteiger partial charge < -0.3 is 25.2 Å². The first-order valence-corrected chi connectivity index (χ1v) is 13.2. The molecule has 2 aliphatic carbocycles. The summed E-state index contributed by atoms with van der Waals surface area (Å²) in [6.07, 6.45) is 9.34. The normalized spacial score (nSPS) is 31.0. The van der Waals surface area contributed by atoms with Crippen molar-refractivity contribution in [1.82, 2.24) is 20.4 Å². The zero-order chi connectivity index (χ0) is 22.0. The fourth-order valence-corrected chi connectivity index (χ4v) is 5.82. The van der Waals surface area contributed by atoms with Gasteiger partial charge in [0.1, 0.15) is 0 Å². The molecule has 2 amide bonds. The van der Waals surface area contributed by atoms with Gasteiger partial charge in [-0.25, -0.2) is 0 Å². The quantitative estimate of drug-likeness (QED) is 0.532. The first kappa shape index (κ1) is 22.6. The van der Waals surface area contributed by atoms with Gasteiger partial charge in [-0.1, -0.05) is 0 Å². The average molecular weight is 447 g/mol. The molecular formula is C25H42N4O3. The van der Waals surface area contributed by atoms with Crippen LogP contribution in [0.1, 0.15) is 51.4 Å². The molecule has 0 aromatic carbocycles. The minimum absolute atomic E-state index is 0.134. The van der Waals surface area contributed by atoms with Crippen LogP contribution >= 0.6 is 0 Å². The lowest BCUT2D eigenvalue weighted by Crippen LogP contribution is -2.59. The standard InChI is InChI=1S/C25H42N4O3/c30-23(26-11-19-5-6-19)21-3-1-9-28(13-21)15-25(17-32-18-25)16-29-10-2-4-22(14-29)24(31)27-12-20-7-8-20/h19-22H,1-18H2,(H,26,30)(H,27,31)/t21-,22-/m1/s1. The summed E-state index contributed by atoms with van der Waals surface area (Å²) in [6.45, 7) is 9.29. The van der Waals surface area contributed by atoms with Crippen molar-refractivity contribution in [2.45, 2.75) is 51.4 Å². The average Bonchev–Trinajstić information content (AvgIpc) is 3.69. The minimum atomic E-state index is 0.134. The molecule has 0 aromatic rings. The van der Waals surface area contributed by atoms with Crippen LogP contribution in [0.15, 0.2) is 0 Å². The van der Waals surface area contributed by atoms with Gasteiger partial charge >= 0.3 is 0 Å². The molecule has 2 saturated carbocycles. The third-order valence-corrected chi connectivity index (χ3v) is 8.21. The predicted molar refractivity (Wildman–Crippen MR) is 123 cm³/mol. The number of nitrogens with zero attached hydrogens (tertiary/aromatic N) is 2. The summed E-state index contributed by atoms with van der Waals surface area (Å²) in [5, 5.41) is 6.38. The number of ether oxygens (including phenoxy) is 1. The minimum Gasteiger partial charge on any atom is -0.380 e. The molecule has 2 N–H and O–H groups in total. The fourth-order valence-electron chi connectivity index (χ4n) is 5.82. The molecule has 0 bridgehead atoms. The Morgan fingerprint density at radius 1 is 0.750 bits per heavy atom. The highest BCUT2D eigenvalue weighted by atomic mass is 16.5. The van der Waals surface area contributed by atoms with Crippen molar-refractivity contribution in [3.05, 3.63) is 0 Å². The van der Waals surface area contributed by atoms with Crippen LogP contribution < -0.4 is 10.6 Å². The van der Waals surface area contributed by atoms with Crippen LogP contribution in [-0.2, 0) is 14.3 Å². The molecule has 7 heteroatoms. The van der Waals surface area contributed by atoms with Gasteiger partial charge in [0.25, 0.3) is 0 Å². The van der Waals surface area contributed by atoms with Crippen LogP contribution in [0.25, 0.3) is 0 Å². The van der Waals surface area contributed by atoms with Crippen molar-refractivity contribution in [1.29, 1.82) is 0 Å². The topological polar surface area (TPSA) is 73.9 Å². The van der Waals surface area contributed by atoms with Gasteiger partial charge in [0, 0.05) is 44.7 Å². The molecule has 5 rings (SSSR count). The smallest absolute Gasteiger partial charge is 0.224 e. The fraction of sp³-hybridized carbons (Fsp3) is 0.920. The van der Waals surface area contributed by atoms with Crippen molar-refractivity contribution < 1.29 is 14.3 Å². The molecule has 5 aliphatic rings. The summed E-state index contributed by atoms with van der Waals surface area (Å²) in [5.41, 5.74) is 0.152. The van der Waals surface area contributed by atoms with E-state index in [4.69, 9.17) is 4.74 Å². The Balaban J connectivity index is 1.10. The van der Waals surface area contributed by atoms with E-state index < -0.39 is 0 Å². The van der Waals surface area contributed by atoms with E-state index in [2.05, 4.69) is 20.4 Å². The number of hydrogen-bond donors (Lipinski definition) is 2. The van der Waals surface area contributed by atoms with E-state index in [-0.39, 0.29) is 29.1 Å². The van der Waals surface area contributed by atoms with Crippen molar-refractivity contribution in [3.63, 3.8) is 0 Å². The van der Waals surface area contributed by atoms with E-state index in [9.17, 15) is 9.59 Å². The SMILES string of the molecule is O=C(NCC1CC1)[C@@H]1CCCN(CC2(CN3CCC[C@@H](C(=O)NCC4CC4)C3)COC2)C1. The Kier molecular flexibility index (Phi) is 7.05. The predicted octanol–water partition coefficient (Wildman–Crippen LogP) is 1.48. The van der Waals surface area contributed by atoms with Crippen LogP contribution in [0.5, 0.6) is 0 Å². The highest BCUT2D eigenvalue weighted by Crippen LogP contribution is 2.34. The lowest BCUT2D eigenvalue weighted by Gasteiger charge is -2.49. The maximum Gasteiger partial charge on any atom is 0.224 e. The zero-order valence-corrected chi connectivity index (χ0v) is 19.7. The number of hydrogen-bond acceptors (Lipinski definition) is 5. The first-order chi connectivity index (χ1) is 15.6. The highest BCUT2D eigenvalue weighted by molar-refractivity contribution is 5.79. The number of nitrogens with one attached hydrogen (secondary N) is 2. The number of amides is 2. The maximum absolute atomic E-state index is 12.6. The summed E-state index contributed by atoms with van der Waals surface area (Å²) < 4.78 is 5.70. The lowest BCUT2D eigenvalue weighted by molar-refractivity contribution is -0.147. The summed E-state index contributed by atoms with van der Waals surface area (Å²) in [6, 6.07) is 0. The molecule has 32 heavy (non-hydrogen) atoms. The van der Waals surface area contributed by atoms with E-state index in [1.54, 1.807) is 0 Å². The molecule has 3 aliphatic heterocycles. The number of carbonyl (C=O) groups is 2. The van der Waals surface area contributed by atoms with Gasteiger partial charge in [0.15, 0.2) is 0 Å². The van der Waals surface area contributed by atoms with Crippen LogP contribution in [0.2, 0.25) is 0 Å². The van der Waals surface area contributed by atoms with Crippen molar-refractivity contribution in [2.75, 3.05) is 65.6 Å². The van der Waals surface area contributed by atoms with Gasteiger partial charge in [0.2, 0.25) is 11.8 Å². The van der Waals surface area contributed by atoms with Gasteiger partial charge in [-0.2, -0.15) is 0 Å². The summed E-state index contributed by atoms with van der Waals surface area (Å²) >= 11 is 0. The molecule has 2 atom stereocenters. The second-order valence-electron chi connectivity index (χ2n) is 11.5. The van der Waals surface area contributed by atoms with E-state index in [0.717, 1.165) is 103 Å². The molecule has 180 valence electrons. The molecule has 0 spiro atoms. The molecule has 5 fully saturated rings. The Morgan fingerprint density at radius 3 is 1.59 bits per heavy atom. The molecule has 7 nitrogen and oxygen atoms in total. The Bertz CT molecular complexity index is 622. The van der Waals surface area contributed by atoms with Crippen LogP contribution in [0, 0.1) is 29.1 Å². The zero-order valence-electron chi connectivity index (χ0n) is 19.7. The van der Waals surface area contributed by atoms with Crippen molar-refractivity contribution in [2.24, 2.45) is 29.1 Å². The number of likely N-dealkylation sites (tertiary alicyclic amines) is 2. The lowest BCUT2D eigenvalue weighted by atomic mass is 9.82. The molecule has 3 heterocycles. The third kappa shape index (κ3) is 6.03. The van der Waals surface area contributed by atoms with E-state index in [1.165, 1.54) is 25.7 Å². The van der Waals surface area contributed by atoms with E-state index in [0.29, 0.717) is 0 Å². The molecule has 3 saturated heterocycles. The molecule has 0 aromatic heterocycles. The largest absolute Gasteiger partial charge is 0.380 e. The summed E-state index contributed by atoms with van der Waals surface area (Å²) in [7, 11) is 0. The van der Waals surface area contributed by atoms with Crippen molar-refractivity contribution in [3.8, 4) is 0 Å². The van der Waals surface area contributed by atoms with Crippen molar-refractivity contribution >= 4 is 11.8 Å². The number of piperidine rings is 2. The van der Waals surface area contributed by atoms with Crippen LogP contribution in [-0.4, -0.2) is 87.2 Å². The summed E-state index contributed by atoms with van der Waals surface area (Å²) in [4.78, 5) is 30.3. The summed E-state index contributed by atoms with van der Waals surface area (Å²) in [5.74, 6) is 2.26. The molecule has 0 unspecified atom stereocenters. The highest BCUT2D eigenvalue weighted by Gasteiger charge is 2.43. The Hall–Kier alpha value is -1.18. The molecule has 0 radical (unpaired) electrons. The first-order valence-electron chi connectivity index (χ1n) is 13.2. The van der Waals surface area contributed by atoms with E-state index in [1.807, 2.05) is 0 Å². The number of carbonyl (C=O) groups excluding carboxylic acids is 2. The van der Waals surface area contributed by atoms with Gasteiger partial charge in [-0.15, -0.1) is 0 Å². The maximum atomic E-state index is 12.6.